The van der Waals surface area contributed by atoms with Crippen LogP contribution in [0.4, 0.5) is 20.2 Å². The van der Waals surface area contributed by atoms with Crippen molar-refractivity contribution >= 4 is 28.2 Å². The van der Waals surface area contributed by atoms with Gasteiger partial charge in [0.05, 0.1) is 23.8 Å². The number of rotatable bonds is 4. The molecule has 11 heteroatoms. The van der Waals surface area contributed by atoms with E-state index in [9.17, 15) is 18.4 Å². The molecule has 2 atom stereocenters. The second-order valence-corrected chi connectivity index (χ2v) is 9.26. The van der Waals surface area contributed by atoms with Crippen molar-refractivity contribution in [1.82, 2.24) is 19.8 Å². The molecule has 2 fully saturated rings. The van der Waals surface area contributed by atoms with Crippen molar-refractivity contribution in [2.45, 2.75) is 18.5 Å². The fourth-order valence-electron chi connectivity index (χ4n) is 5.27. The molecule has 0 spiro atoms. The van der Waals surface area contributed by atoms with Crippen LogP contribution in [0.5, 0.6) is 0 Å². The lowest BCUT2D eigenvalue weighted by atomic mass is 10.1. The maximum Gasteiger partial charge on any atom is 0.276 e. The summed E-state index contributed by atoms with van der Waals surface area (Å²) in [5.41, 5.74) is 1.00. The van der Waals surface area contributed by atoms with E-state index in [-0.39, 0.29) is 5.69 Å². The Balaban J connectivity index is 1.41. The first-order valence-corrected chi connectivity index (χ1v) is 11.7. The predicted molar refractivity (Wildman–Crippen MR) is 129 cm³/mol. The van der Waals surface area contributed by atoms with Gasteiger partial charge in [-0.2, -0.15) is 14.5 Å². The van der Waals surface area contributed by atoms with E-state index in [0.717, 1.165) is 54.3 Å². The minimum Gasteiger partial charge on any atom is -0.363 e. The SMILES string of the molecule is Cn1c2ccc(NC(=O)c3ccc(=O)n(-c4c(F)cccc4F)n3)c(N3C[C@@H]4C[C@H]3CN4)c2c[n+]1C. The molecule has 184 valence electrons. The summed E-state index contributed by atoms with van der Waals surface area (Å²) in [6.45, 7) is 1.69. The molecule has 6 rings (SSSR count). The summed E-state index contributed by atoms with van der Waals surface area (Å²) in [5, 5.41) is 11.4. The first kappa shape index (κ1) is 22.4. The van der Waals surface area contributed by atoms with E-state index in [1.807, 2.05) is 41.8 Å². The maximum absolute atomic E-state index is 14.3. The first-order chi connectivity index (χ1) is 17.3. The van der Waals surface area contributed by atoms with Crippen LogP contribution in [0.2, 0.25) is 0 Å². The van der Waals surface area contributed by atoms with Crippen LogP contribution < -0.4 is 25.8 Å². The average Bonchev–Trinajstić information content (AvgIpc) is 3.55. The number of nitrogens with zero attached hydrogens (tertiary/aromatic N) is 5. The molecular weight excluding hydrogens is 468 g/mol. The largest absolute Gasteiger partial charge is 0.363 e. The van der Waals surface area contributed by atoms with Crippen molar-refractivity contribution < 1.29 is 18.3 Å². The Hall–Kier alpha value is -4.12. The lowest BCUT2D eigenvalue weighted by molar-refractivity contribution is -0.748. The highest BCUT2D eigenvalue weighted by atomic mass is 19.1. The molecule has 4 aromatic rings. The molecule has 0 unspecified atom stereocenters. The Bertz CT molecular complexity index is 1580. The third-order valence-corrected chi connectivity index (χ3v) is 7.11. The molecule has 2 aliphatic heterocycles. The number of piperazine rings is 1. The number of amides is 1. The average molecular weight is 493 g/mol. The topological polar surface area (TPSA) is 88.1 Å². The van der Waals surface area contributed by atoms with Crippen molar-refractivity contribution in [2.75, 3.05) is 23.3 Å². The van der Waals surface area contributed by atoms with Gasteiger partial charge in [0, 0.05) is 31.2 Å². The summed E-state index contributed by atoms with van der Waals surface area (Å²) in [6.07, 6.45) is 3.06. The highest BCUT2D eigenvalue weighted by Gasteiger charge is 2.40. The molecule has 2 bridgehead atoms. The molecule has 2 aliphatic rings. The number of halogens is 2. The number of benzene rings is 2. The van der Waals surface area contributed by atoms with Crippen molar-refractivity contribution in [2.24, 2.45) is 14.1 Å². The summed E-state index contributed by atoms with van der Waals surface area (Å²) < 4.78 is 33.2. The van der Waals surface area contributed by atoms with Gasteiger partial charge in [-0.3, -0.25) is 9.59 Å². The van der Waals surface area contributed by atoms with Gasteiger partial charge in [0.25, 0.3) is 11.5 Å². The fourth-order valence-corrected chi connectivity index (χ4v) is 5.27. The van der Waals surface area contributed by atoms with Gasteiger partial charge in [0.15, 0.2) is 18.7 Å². The number of aryl methyl sites for hydroxylation is 2. The Morgan fingerprint density at radius 2 is 1.92 bits per heavy atom. The highest BCUT2D eigenvalue weighted by Crippen LogP contribution is 2.40. The normalized spacial score (nSPS) is 18.8. The van der Waals surface area contributed by atoms with Gasteiger partial charge in [0.2, 0.25) is 6.20 Å². The number of hydrogen-bond acceptors (Lipinski definition) is 5. The summed E-state index contributed by atoms with van der Waals surface area (Å²) in [5.74, 6) is -2.50. The molecule has 1 amide bonds. The third kappa shape index (κ3) is 3.46. The number of carbonyl (C=O) groups excluding carboxylic acids is 1. The zero-order valence-corrected chi connectivity index (χ0v) is 19.7. The van der Waals surface area contributed by atoms with Crippen molar-refractivity contribution in [1.29, 1.82) is 0 Å². The highest BCUT2D eigenvalue weighted by molar-refractivity contribution is 6.08. The van der Waals surface area contributed by atoms with Crippen LogP contribution in [0, 0.1) is 11.6 Å². The summed E-state index contributed by atoms with van der Waals surface area (Å²) in [4.78, 5) is 28.0. The van der Waals surface area contributed by atoms with Crippen LogP contribution in [0.3, 0.4) is 0 Å². The van der Waals surface area contributed by atoms with Gasteiger partial charge in [0.1, 0.15) is 16.9 Å². The van der Waals surface area contributed by atoms with Crippen LogP contribution in [0.1, 0.15) is 16.9 Å². The molecule has 2 saturated heterocycles. The van der Waals surface area contributed by atoms with Gasteiger partial charge in [-0.1, -0.05) is 6.07 Å². The molecule has 36 heavy (non-hydrogen) atoms. The maximum atomic E-state index is 14.3. The minimum absolute atomic E-state index is 0.147. The molecule has 0 radical (unpaired) electrons. The third-order valence-electron chi connectivity index (χ3n) is 7.11. The minimum atomic E-state index is -0.954. The van der Waals surface area contributed by atoms with Gasteiger partial charge in [-0.15, -0.1) is 4.68 Å². The van der Waals surface area contributed by atoms with Crippen molar-refractivity contribution in [3.8, 4) is 5.69 Å². The smallest absolute Gasteiger partial charge is 0.276 e. The van der Waals surface area contributed by atoms with Crippen LogP contribution in [-0.4, -0.2) is 45.5 Å². The van der Waals surface area contributed by atoms with E-state index in [4.69, 9.17) is 0 Å². The Morgan fingerprint density at radius 1 is 1.14 bits per heavy atom. The van der Waals surface area contributed by atoms with Crippen molar-refractivity contribution in [3.05, 3.63) is 76.3 Å². The number of hydrogen-bond donors (Lipinski definition) is 2. The molecule has 9 nitrogen and oxygen atoms in total. The zero-order valence-electron chi connectivity index (χ0n) is 19.7. The predicted octanol–water partition coefficient (Wildman–Crippen LogP) is 1.63. The summed E-state index contributed by atoms with van der Waals surface area (Å²) >= 11 is 0. The second-order valence-electron chi connectivity index (χ2n) is 9.26. The fraction of sp³-hybridized carbons (Fsp3) is 0.280. The molecular formula is C25H24F2N7O2+. The zero-order chi connectivity index (χ0) is 25.1. The number of nitrogens with one attached hydrogen (secondary N) is 2. The van der Waals surface area contributed by atoms with Crippen LogP contribution >= 0.6 is 0 Å². The number of anilines is 2. The quantitative estimate of drug-likeness (QED) is 0.423. The first-order valence-electron chi connectivity index (χ1n) is 11.7. The van der Waals surface area contributed by atoms with Crippen LogP contribution in [-0.2, 0) is 14.1 Å². The Morgan fingerprint density at radius 3 is 2.61 bits per heavy atom. The molecule has 0 aliphatic carbocycles. The van der Waals surface area contributed by atoms with Gasteiger partial charge >= 0.3 is 0 Å². The number of carbonyl (C=O) groups is 1. The van der Waals surface area contributed by atoms with Crippen LogP contribution in [0.25, 0.3) is 16.6 Å². The van der Waals surface area contributed by atoms with E-state index >= 15 is 0 Å². The van der Waals surface area contributed by atoms with E-state index < -0.39 is 28.8 Å². The Labute approximate surface area is 204 Å². The number of aromatic nitrogens is 4. The molecule has 2 aromatic heterocycles. The molecule has 4 heterocycles. The molecule has 2 N–H and O–H groups in total. The monoisotopic (exact) mass is 492 g/mol. The lowest BCUT2D eigenvalue weighted by Gasteiger charge is -2.31. The van der Waals surface area contributed by atoms with E-state index in [0.29, 0.717) is 22.5 Å². The standard InChI is InChI=1S/C25H23F2N7O2/c1-31-13-16-21(32(31)2)8-6-19(23(16)33-12-14-10-15(33)11-28-14)29-25(36)20-7-9-22(35)34(30-20)24-17(26)4-3-5-18(24)27/h3-9,13-15,28H,10-12H2,1-2H3/p+1/t14-,15-/m0/s1. The van der Waals surface area contributed by atoms with Gasteiger partial charge in [-0.25, -0.2) is 8.78 Å². The van der Waals surface area contributed by atoms with Crippen molar-refractivity contribution in [3.63, 3.8) is 0 Å². The molecule has 0 saturated carbocycles. The lowest BCUT2D eigenvalue weighted by Crippen LogP contribution is -2.44. The van der Waals surface area contributed by atoms with E-state index in [2.05, 4.69) is 20.6 Å². The molecule has 2 aromatic carbocycles. The second kappa shape index (κ2) is 8.23. The van der Waals surface area contributed by atoms with Gasteiger partial charge in [-0.05, 0) is 36.8 Å². The van der Waals surface area contributed by atoms with E-state index in [1.165, 1.54) is 12.1 Å². The summed E-state index contributed by atoms with van der Waals surface area (Å²) in [7, 11) is 3.92. The van der Waals surface area contributed by atoms with Crippen LogP contribution in [0.15, 0.2) is 53.5 Å². The summed E-state index contributed by atoms with van der Waals surface area (Å²) in [6, 6.07) is 10.1. The Kier molecular flexibility index (Phi) is 5.11. The number of para-hydroxylation sites is 1. The number of fused-ring (bicyclic) bond motifs is 3. The van der Waals surface area contributed by atoms with E-state index in [1.54, 1.807) is 0 Å². The van der Waals surface area contributed by atoms with Gasteiger partial charge < -0.3 is 15.5 Å².